The minimum atomic E-state index is -0.160. The zero-order valence-electron chi connectivity index (χ0n) is 29.2. The molecule has 1 aliphatic carbocycles. The van der Waals surface area contributed by atoms with Gasteiger partial charge in [0, 0.05) is 54.4 Å². The van der Waals surface area contributed by atoms with Gasteiger partial charge in [-0.05, 0) is 47.5 Å². The van der Waals surface area contributed by atoms with Crippen LogP contribution in [0.15, 0.2) is 152 Å². The monoisotopic (exact) mass is 677 g/mol. The second-order valence-corrected chi connectivity index (χ2v) is 14.8. The Morgan fingerprint density at radius 2 is 0.925 bits per heavy atom. The normalized spacial score (nSPS) is 13.6. The molecule has 53 heavy (non-hydrogen) atoms. The topological polar surface area (TPSA) is 47.5 Å². The van der Waals surface area contributed by atoms with Crippen molar-refractivity contribution in [2.24, 2.45) is 0 Å². The molecule has 5 heteroatoms. The molecule has 4 heterocycles. The van der Waals surface area contributed by atoms with E-state index in [-0.39, 0.29) is 5.41 Å². The van der Waals surface area contributed by atoms with Crippen molar-refractivity contribution in [3.8, 4) is 34.2 Å². The van der Waals surface area contributed by atoms with Crippen molar-refractivity contribution in [1.29, 1.82) is 0 Å². The zero-order chi connectivity index (χ0) is 35.0. The van der Waals surface area contributed by atoms with Gasteiger partial charge in [0.15, 0.2) is 17.5 Å². The second-order valence-electron chi connectivity index (χ2n) is 14.8. The fourth-order valence-corrected chi connectivity index (χ4v) is 9.30. The molecule has 7 aromatic carbocycles. The summed E-state index contributed by atoms with van der Waals surface area (Å²) in [5.41, 5.74) is 12.7. The first kappa shape index (κ1) is 28.8. The van der Waals surface area contributed by atoms with E-state index in [4.69, 9.17) is 15.0 Å². The molecule has 5 nitrogen and oxygen atoms in total. The number of hydrogen-bond donors (Lipinski definition) is 0. The van der Waals surface area contributed by atoms with Gasteiger partial charge in [-0.1, -0.05) is 129 Å². The minimum absolute atomic E-state index is 0.160. The van der Waals surface area contributed by atoms with Gasteiger partial charge in [0.2, 0.25) is 0 Å². The number of para-hydroxylation sites is 2. The summed E-state index contributed by atoms with van der Waals surface area (Å²) in [5.74, 6) is 1.97. The third-order valence-electron chi connectivity index (χ3n) is 11.7. The number of nitrogens with zero attached hydrogens (tertiary/aromatic N) is 5. The lowest BCUT2D eigenvalue weighted by Gasteiger charge is -2.21. The van der Waals surface area contributed by atoms with Crippen molar-refractivity contribution in [3.63, 3.8) is 0 Å². The van der Waals surface area contributed by atoms with Gasteiger partial charge in [0.25, 0.3) is 0 Å². The van der Waals surface area contributed by atoms with Crippen molar-refractivity contribution >= 4 is 65.4 Å². The van der Waals surface area contributed by atoms with E-state index in [0.29, 0.717) is 17.5 Å². The van der Waals surface area contributed by atoms with E-state index in [2.05, 4.69) is 138 Å². The van der Waals surface area contributed by atoms with Gasteiger partial charge in [0.1, 0.15) is 0 Å². The number of rotatable bonds is 3. The van der Waals surface area contributed by atoms with Crippen LogP contribution in [0, 0.1) is 0 Å². The summed E-state index contributed by atoms with van der Waals surface area (Å²) in [5, 5.41) is 7.57. The average Bonchev–Trinajstić information content (AvgIpc) is 3.81. The maximum Gasteiger partial charge on any atom is 0.164 e. The van der Waals surface area contributed by atoms with Gasteiger partial charge < -0.3 is 8.80 Å². The average molecular weight is 678 g/mol. The molecule has 0 atom stereocenters. The fourth-order valence-electron chi connectivity index (χ4n) is 9.30. The van der Waals surface area contributed by atoms with E-state index in [9.17, 15) is 0 Å². The number of aromatic nitrogens is 5. The van der Waals surface area contributed by atoms with E-state index in [0.717, 1.165) is 22.2 Å². The molecule has 0 saturated carbocycles. The summed E-state index contributed by atoms with van der Waals surface area (Å²) >= 11 is 0. The van der Waals surface area contributed by atoms with E-state index < -0.39 is 0 Å². The van der Waals surface area contributed by atoms with Crippen molar-refractivity contribution in [2.75, 3.05) is 0 Å². The Morgan fingerprint density at radius 1 is 0.377 bits per heavy atom. The molecule has 11 aromatic rings. The maximum atomic E-state index is 5.10. The molecular formula is C48H31N5. The summed E-state index contributed by atoms with van der Waals surface area (Å²) in [6.07, 6.45) is 0. The fraction of sp³-hybridized carbons (Fsp3) is 0.0625. The first-order chi connectivity index (χ1) is 26.1. The van der Waals surface area contributed by atoms with E-state index in [1.165, 1.54) is 71.0 Å². The lowest BCUT2D eigenvalue weighted by molar-refractivity contribution is 0.663. The molecule has 0 fully saturated rings. The van der Waals surface area contributed by atoms with Crippen LogP contribution in [0.25, 0.3) is 99.6 Å². The van der Waals surface area contributed by atoms with Crippen LogP contribution < -0.4 is 0 Å². The Balaban J connectivity index is 1.26. The van der Waals surface area contributed by atoms with Gasteiger partial charge in [-0.3, -0.25) is 0 Å². The highest BCUT2D eigenvalue weighted by Gasteiger charge is 2.36. The predicted molar refractivity (Wildman–Crippen MR) is 218 cm³/mol. The molecule has 0 radical (unpaired) electrons. The molecule has 0 spiro atoms. The first-order valence-corrected chi connectivity index (χ1v) is 18.2. The van der Waals surface area contributed by atoms with Crippen molar-refractivity contribution in [2.45, 2.75) is 19.3 Å². The lowest BCUT2D eigenvalue weighted by atomic mass is 9.81. The predicted octanol–water partition coefficient (Wildman–Crippen LogP) is 11.8. The summed E-state index contributed by atoms with van der Waals surface area (Å²) in [7, 11) is 0. The molecule has 1 aliphatic rings. The lowest BCUT2D eigenvalue weighted by Crippen LogP contribution is -2.15. The summed E-state index contributed by atoms with van der Waals surface area (Å²) in [6, 6.07) is 54.4. The smallest absolute Gasteiger partial charge is 0.164 e. The number of benzene rings is 7. The van der Waals surface area contributed by atoms with Gasteiger partial charge in [-0.15, -0.1) is 0 Å². The molecule has 0 saturated heterocycles. The van der Waals surface area contributed by atoms with Crippen LogP contribution in [-0.2, 0) is 5.41 Å². The second kappa shape index (κ2) is 10.1. The van der Waals surface area contributed by atoms with Gasteiger partial charge in [-0.2, -0.15) is 0 Å². The van der Waals surface area contributed by atoms with Gasteiger partial charge >= 0.3 is 0 Å². The van der Waals surface area contributed by atoms with Gasteiger partial charge in [-0.25, -0.2) is 15.0 Å². The standard InChI is InChI=1S/C48H31N5/c1-48(2)35-19-12-21-39-41(35)42-36(48)25-24-33-34-27-30(47-50-45(28-13-5-3-6-14-28)49-46(51-47)29-15-7-4-8-16-29)23-26-38(34)53(44(33)42)40-22-11-18-32-31-17-9-10-20-37(31)52(39)43(32)40/h3-27H,1-2H3. The number of fused-ring (bicyclic) bond motifs is 8. The van der Waals surface area contributed by atoms with Crippen LogP contribution in [0.2, 0.25) is 0 Å². The summed E-state index contributed by atoms with van der Waals surface area (Å²) < 4.78 is 5.05. The van der Waals surface area contributed by atoms with Crippen molar-refractivity contribution in [1.82, 2.24) is 23.8 Å². The number of hydrogen-bond acceptors (Lipinski definition) is 3. The summed E-state index contributed by atoms with van der Waals surface area (Å²) in [6.45, 7) is 4.75. The minimum Gasteiger partial charge on any atom is -0.307 e. The molecular weight excluding hydrogens is 647 g/mol. The zero-order valence-corrected chi connectivity index (χ0v) is 29.2. The highest BCUT2D eigenvalue weighted by molar-refractivity contribution is 6.26. The molecule has 0 amide bonds. The van der Waals surface area contributed by atoms with Crippen LogP contribution in [0.5, 0.6) is 0 Å². The Kier molecular flexibility index (Phi) is 5.51. The Hall–Kier alpha value is -6.85. The largest absolute Gasteiger partial charge is 0.307 e. The molecule has 0 N–H and O–H groups in total. The maximum absolute atomic E-state index is 5.10. The Labute approximate surface area is 304 Å². The van der Waals surface area contributed by atoms with Crippen LogP contribution in [-0.4, -0.2) is 23.8 Å². The quantitative estimate of drug-likeness (QED) is 0.187. The molecule has 4 aromatic heterocycles. The van der Waals surface area contributed by atoms with Crippen molar-refractivity contribution < 1.29 is 0 Å². The first-order valence-electron chi connectivity index (χ1n) is 18.2. The van der Waals surface area contributed by atoms with Gasteiger partial charge in [0.05, 0.1) is 33.1 Å². The Morgan fingerprint density at radius 3 is 1.68 bits per heavy atom. The van der Waals surface area contributed by atoms with Crippen LogP contribution >= 0.6 is 0 Å². The molecule has 0 bridgehead atoms. The van der Waals surface area contributed by atoms with E-state index in [1.54, 1.807) is 0 Å². The highest BCUT2D eigenvalue weighted by atomic mass is 15.0. The van der Waals surface area contributed by atoms with Crippen molar-refractivity contribution in [3.05, 3.63) is 163 Å². The van der Waals surface area contributed by atoms with E-state index in [1.807, 2.05) is 36.4 Å². The van der Waals surface area contributed by atoms with Crippen LogP contribution in [0.4, 0.5) is 0 Å². The third kappa shape index (κ3) is 3.73. The van der Waals surface area contributed by atoms with E-state index >= 15 is 0 Å². The van der Waals surface area contributed by atoms with Crippen LogP contribution in [0.3, 0.4) is 0 Å². The Bertz CT molecular complexity index is 3300. The third-order valence-corrected chi connectivity index (χ3v) is 11.7. The SMILES string of the molecule is CC1(C)c2cccc3c2c2c1ccc1c4cc(-c5nc(-c6ccccc6)nc(-c6ccccc6)n5)ccc4n(c4cccc5c6ccccc6n3c54)c12. The molecule has 0 aliphatic heterocycles. The molecule has 12 rings (SSSR count). The van der Waals surface area contributed by atoms with Crippen LogP contribution in [0.1, 0.15) is 25.0 Å². The highest BCUT2D eigenvalue weighted by Crippen LogP contribution is 2.51. The molecule has 0 unspecified atom stereocenters. The summed E-state index contributed by atoms with van der Waals surface area (Å²) in [4.78, 5) is 15.1. The molecule has 248 valence electrons.